The van der Waals surface area contributed by atoms with Crippen LogP contribution in [0.1, 0.15) is 33.9 Å². The number of benzene rings is 2. The summed E-state index contributed by atoms with van der Waals surface area (Å²) in [4.78, 5) is 12.5. The van der Waals surface area contributed by atoms with Crippen LogP contribution in [0.4, 0.5) is 5.69 Å². The first-order chi connectivity index (χ1) is 12.4. The SMILES string of the molecule is Cc1cc(N2CCCS2(=O)=O)ccc1C(=O)NCC(N)c1ccccc1.Cl. The first-order valence-corrected chi connectivity index (χ1v) is 10.2. The van der Waals surface area contributed by atoms with Crippen LogP contribution in [-0.4, -0.2) is 33.2 Å². The van der Waals surface area contributed by atoms with Gasteiger partial charge in [-0.25, -0.2) is 8.42 Å². The lowest BCUT2D eigenvalue weighted by atomic mass is 10.1. The van der Waals surface area contributed by atoms with E-state index in [9.17, 15) is 13.2 Å². The van der Waals surface area contributed by atoms with Crippen molar-refractivity contribution in [3.05, 3.63) is 65.2 Å². The van der Waals surface area contributed by atoms with Gasteiger partial charge in [-0.2, -0.15) is 0 Å². The van der Waals surface area contributed by atoms with Crippen molar-refractivity contribution in [3.8, 4) is 0 Å². The van der Waals surface area contributed by atoms with Crippen LogP contribution in [0.15, 0.2) is 48.5 Å². The molecule has 1 unspecified atom stereocenters. The average Bonchev–Trinajstić information content (AvgIpc) is 2.99. The van der Waals surface area contributed by atoms with E-state index in [1.807, 2.05) is 30.3 Å². The molecular weight excluding hydrogens is 386 g/mol. The number of sulfonamides is 1. The first-order valence-electron chi connectivity index (χ1n) is 8.58. The third-order valence-electron chi connectivity index (χ3n) is 4.55. The maximum atomic E-state index is 12.5. The quantitative estimate of drug-likeness (QED) is 0.792. The van der Waals surface area contributed by atoms with Crippen LogP contribution < -0.4 is 15.4 Å². The second-order valence-electron chi connectivity index (χ2n) is 6.47. The summed E-state index contributed by atoms with van der Waals surface area (Å²) in [6, 6.07) is 14.4. The molecule has 146 valence electrons. The summed E-state index contributed by atoms with van der Waals surface area (Å²) in [5.74, 6) is -0.0456. The number of hydrogen-bond donors (Lipinski definition) is 2. The fourth-order valence-corrected chi connectivity index (χ4v) is 4.66. The molecule has 3 N–H and O–H groups in total. The van der Waals surface area contributed by atoms with E-state index in [4.69, 9.17) is 5.73 Å². The molecule has 0 spiro atoms. The molecule has 2 aromatic rings. The highest BCUT2D eigenvalue weighted by Gasteiger charge is 2.28. The van der Waals surface area contributed by atoms with Crippen molar-refractivity contribution in [3.63, 3.8) is 0 Å². The molecule has 0 bridgehead atoms. The molecule has 1 saturated heterocycles. The maximum absolute atomic E-state index is 12.5. The van der Waals surface area contributed by atoms with Gasteiger partial charge in [-0.05, 0) is 42.7 Å². The van der Waals surface area contributed by atoms with Gasteiger partial charge < -0.3 is 11.1 Å². The van der Waals surface area contributed by atoms with Crippen LogP contribution in [0, 0.1) is 6.92 Å². The number of nitrogens with two attached hydrogens (primary N) is 1. The van der Waals surface area contributed by atoms with E-state index in [1.54, 1.807) is 25.1 Å². The Kier molecular flexibility index (Phi) is 6.86. The number of halogens is 1. The largest absolute Gasteiger partial charge is 0.350 e. The zero-order valence-corrected chi connectivity index (χ0v) is 16.7. The van der Waals surface area contributed by atoms with Gasteiger partial charge in [-0.3, -0.25) is 9.10 Å². The molecule has 0 aromatic heterocycles. The van der Waals surface area contributed by atoms with E-state index in [2.05, 4.69) is 5.32 Å². The molecular formula is C19H24ClN3O3S. The Labute approximate surface area is 166 Å². The van der Waals surface area contributed by atoms with Crippen LogP contribution >= 0.6 is 12.4 Å². The molecule has 8 heteroatoms. The van der Waals surface area contributed by atoms with Crippen molar-refractivity contribution in [2.75, 3.05) is 23.1 Å². The number of nitrogens with one attached hydrogen (secondary N) is 1. The lowest BCUT2D eigenvalue weighted by Gasteiger charge is -2.19. The number of rotatable bonds is 5. The molecule has 3 rings (SSSR count). The van der Waals surface area contributed by atoms with Crippen molar-refractivity contribution in [2.24, 2.45) is 5.73 Å². The molecule has 1 amide bonds. The third kappa shape index (κ3) is 4.80. The molecule has 1 heterocycles. The number of nitrogens with zero attached hydrogens (tertiary/aromatic N) is 1. The van der Waals surface area contributed by atoms with E-state index < -0.39 is 10.0 Å². The zero-order chi connectivity index (χ0) is 18.7. The molecule has 6 nitrogen and oxygen atoms in total. The highest BCUT2D eigenvalue weighted by molar-refractivity contribution is 7.93. The topological polar surface area (TPSA) is 92.5 Å². The smallest absolute Gasteiger partial charge is 0.251 e. The van der Waals surface area contributed by atoms with Gasteiger partial charge in [-0.15, -0.1) is 12.4 Å². The number of carbonyl (C=O) groups is 1. The van der Waals surface area contributed by atoms with Gasteiger partial charge in [0.25, 0.3) is 5.91 Å². The van der Waals surface area contributed by atoms with Gasteiger partial charge >= 0.3 is 0 Å². The predicted octanol–water partition coefficient (Wildman–Crippen LogP) is 2.39. The van der Waals surface area contributed by atoms with Crippen LogP contribution in [0.5, 0.6) is 0 Å². The summed E-state index contributed by atoms with van der Waals surface area (Å²) in [5, 5.41) is 2.85. The predicted molar refractivity (Wildman–Crippen MR) is 110 cm³/mol. The zero-order valence-electron chi connectivity index (χ0n) is 15.1. The minimum Gasteiger partial charge on any atom is -0.350 e. The molecule has 1 aliphatic rings. The lowest BCUT2D eigenvalue weighted by molar-refractivity contribution is 0.0950. The molecule has 0 radical (unpaired) electrons. The molecule has 0 saturated carbocycles. The lowest BCUT2D eigenvalue weighted by Crippen LogP contribution is -2.32. The Bertz CT molecular complexity index is 904. The number of anilines is 1. The average molecular weight is 410 g/mol. The minimum absolute atomic E-state index is 0. The number of hydrogen-bond acceptors (Lipinski definition) is 4. The van der Waals surface area contributed by atoms with Crippen molar-refractivity contribution >= 4 is 34.0 Å². The Morgan fingerprint density at radius 2 is 1.93 bits per heavy atom. The Morgan fingerprint density at radius 3 is 2.52 bits per heavy atom. The Balaban J connectivity index is 0.00000261. The summed E-state index contributed by atoms with van der Waals surface area (Å²) in [6.07, 6.45) is 0.626. The maximum Gasteiger partial charge on any atom is 0.251 e. The Morgan fingerprint density at radius 1 is 1.22 bits per heavy atom. The van der Waals surface area contributed by atoms with Crippen LogP contribution in [0.2, 0.25) is 0 Å². The molecule has 1 atom stereocenters. The van der Waals surface area contributed by atoms with Crippen molar-refractivity contribution < 1.29 is 13.2 Å². The second-order valence-corrected chi connectivity index (χ2v) is 8.48. The van der Waals surface area contributed by atoms with Crippen LogP contribution in [-0.2, 0) is 10.0 Å². The molecule has 0 aliphatic carbocycles. The van der Waals surface area contributed by atoms with Crippen molar-refractivity contribution in [1.29, 1.82) is 0 Å². The normalized spacial score (nSPS) is 16.4. The van der Waals surface area contributed by atoms with Crippen LogP contribution in [0.25, 0.3) is 0 Å². The van der Waals surface area contributed by atoms with Gasteiger partial charge in [0.15, 0.2) is 0 Å². The Hall–Kier alpha value is -2.09. The van der Waals surface area contributed by atoms with E-state index in [0.29, 0.717) is 30.8 Å². The van der Waals surface area contributed by atoms with E-state index >= 15 is 0 Å². The van der Waals surface area contributed by atoms with E-state index in [0.717, 1.165) is 11.1 Å². The monoisotopic (exact) mass is 409 g/mol. The van der Waals surface area contributed by atoms with Crippen molar-refractivity contribution in [1.82, 2.24) is 5.32 Å². The van der Waals surface area contributed by atoms with Gasteiger partial charge in [0.05, 0.1) is 11.4 Å². The summed E-state index contributed by atoms with van der Waals surface area (Å²) in [5.41, 5.74) is 8.93. The van der Waals surface area contributed by atoms with E-state index in [1.165, 1.54) is 4.31 Å². The molecule has 27 heavy (non-hydrogen) atoms. The summed E-state index contributed by atoms with van der Waals surface area (Å²) >= 11 is 0. The first kappa shape index (κ1) is 21.2. The highest BCUT2D eigenvalue weighted by atomic mass is 35.5. The van der Waals surface area contributed by atoms with Gasteiger partial charge in [0.2, 0.25) is 10.0 Å². The van der Waals surface area contributed by atoms with Crippen LogP contribution in [0.3, 0.4) is 0 Å². The number of carbonyl (C=O) groups excluding carboxylic acids is 1. The number of amides is 1. The molecule has 1 fully saturated rings. The fourth-order valence-electron chi connectivity index (χ4n) is 3.10. The van der Waals surface area contributed by atoms with Gasteiger partial charge in [-0.1, -0.05) is 30.3 Å². The van der Waals surface area contributed by atoms with Gasteiger partial charge in [0.1, 0.15) is 0 Å². The summed E-state index contributed by atoms with van der Waals surface area (Å²) in [7, 11) is -3.23. The summed E-state index contributed by atoms with van der Waals surface area (Å²) < 4.78 is 25.5. The summed E-state index contributed by atoms with van der Waals surface area (Å²) in [6.45, 7) is 2.61. The third-order valence-corrected chi connectivity index (χ3v) is 6.42. The minimum atomic E-state index is -3.23. The molecule has 1 aliphatic heterocycles. The number of aryl methyl sites for hydroxylation is 1. The van der Waals surface area contributed by atoms with Gasteiger partial charge in [0, 0.05) is 24.7 Å². The highest BCUT2D eigenvalue weighted by Crippen LogP contribution is 2.26. The van der Waals surface area contributed by atoms with E-state index in [-0.39, 0.29) is 30.1 Å². The second kappa shape index (κ2) is 8.73. The fraction of sp³-hybridized carbons (Fsp3) is 0.316. The molecule has 2 aromatic carbocycles. The van der Waals surface area contributed by atoms with Crippen molar-refractivity contribution in [2.45, 2.75) is 19.4 Å². The standard InChI is InChI=1S/C19H23N3O3S.ClH/c1-14-12-16(22-10-5-11-26(22,24)25)8-9-17(14)19(23)21-13-18(20)15-6-3-2-4-7-15;/h2-4,6-9,12,18H,5,10-11,13,20H2,1H3,(H,21,23);1H.